The molecule has 0 aliphatic rings. The smallest absolute Gasteiger partial charge is 0.466 e. The van der Waals surface area contributed by atoms with E-state index in [1.54, 1.807) is 28.3 Å². The molecule has 0 aliphatic carbocycles. The number of rotatable bonds is 21. The van der Waals surface area contributed by atoms with Gasteiger partial charge >= 0.3 is 26.8 Å². The summed E-state index contributed by atoms with van der Waals surface area (Å²) in [7, 11) is 2.18. The van der Waals surface area contributed by atoms with E-state index in [2.05, 4.69) is 11.9 Å². The summed E-state index contributed by atoms with van der Waals surface area (Å²) in [5.74, 6) is -0.658. The average Bonchev–Trinajstić information content (AvgIpc) is 2.83. The zero-order chi connectivity index (χ0) is 25.7. The predicted octanol–water partition coefficient (Wildman–Crippen LogP) is 3.76. The molecule has 34 heavy (non-hydrogen) atoms. The van der Waals surface area contributed by atoms with E-state index in [-0.39, 0.29) is 19.1 Å². The summed E-state index contributed by atoms with van der Waals surface area (Å²) in [6, 6.07) is 0.673. The molecule has 0 aromatic rings. The Labute approximate surface area is 205 Å². The Morgan fingerprint density at radius 1 is 0.735 bits per heavy atom. The fraction of sp³-hybridized carbons (Fsp3) is 0.783. The quantitative estimate of drug-likeness (QED) is 0.0817. The van der Waals surface area contributed by atoms with Crippen LogP contribution in [0.5, 0.6) is 0 Å². The van der Waals surface area contributed by atoms with Gasteiger partial charge in [-0.05, 0) is 32.6 Å². The van der Waals surface area contributed by atoms with E-state index in [0.717, 1.165) is 44.9 Å². The minimum absolute atomic E-state index is 0.0787. The van der Waals surface area contributed by atoms with Crippen LogP contribution in [0.3, 0.4) is 0 Å². The fourth-order valence-electron chi connectivity index (χ4n) is 2.97. The van der Waals surface area contributed by atoms with E-state index in [1.807, 2.05) is 0 Å². The second-order valence-corrected chi connectivity index (χ2v) is 10.9. The van der Waals surface area contributed by atoms with Crippen LogP contribution in [0.25, 0.3) is 0 Å². The first kappa shape index (κ1) is 32.0. The zero-order valence-electron chi connectivity index (χ0n) is 21.3. The van der Waals surface area contributed by atoms with Crippen molar-refractivity contribution >= 4 is 26.8 Å². The first-order valence-electron chi connectivity index (χ1n) is 11.8. The molecule has 198 valence electrons. The van der Waals surface area contributed by atoms with Crippen LogP contribution >= 0.6 is 0 Å². The number of unbranched alkanes of at least 4 members (excludes halogenated alkanes) is 6. The van der Waals surface area contributed by atoms with Gasteiger partial charge in [-0.2, -0.15) is 0 Å². The molecule has 0 fully saturated rings. The average molecular weight is 506 g/mol. The minimum Gasteiger partial charge on any atom is -0.466 e. The molecule has 0 radical (unpaired) electrons. The van der Waals surface area contributed by atoms with Gasteiger partial charge in [-0.25, -0.2) is 9.59 Å². The third-order valence-electron chi connectivity index (χ3n) is 5.03. The molecule has 1 N–H and O–H groups in total. The van der Waals surface area contributed by atoms with Gasteiger partial charge in [0.15, 0.2) is 0 Å². The number of hydrogen-bond donors (Lipinski definition) is 1. The van der Waals surface area contributed by atoms with Crippen molar-refractivity contribution in [2.24, 2.45) is 0 Å². The molecule has 10 nitrogen and oxygen atoms in total. The second-order valence-electron chi connectivity index (χ2n) is 7.82. The number of hydrogen-bond acceptors (Lipinski definition) is 9. The summed E-state index contributed by atoms with van der Waals surface area (Å²) in [5, 5.41) is 2.52. The van der Waals surface area contributed by atoms with E-state index >= 15 is 0 Å². The summed E-state index contributed by atoms with van der Waals surface area (Å²) in [6.45, 7) is 6.09. The third-order valence-corrected chi connectivity index (χ3v) is 7.87. The lowest BCUT2D eigenvalue weighted by atomic mass is 10.1. The topological polar surface area (TPSA) is 119 Å². The molecule has 0 bridgehead atoms. The molecule has 0 atom stereocenters. The molecule has 1 amide bonds. The molecule has 0 rings (SSSR count). The zero-order valence-corrected chi connectivity index (χ0v) is 22.3. The Hall–Kier alpha value is -1.95. The number of ether oxygens (including phenoxy) is 3. The van der Waals surface area contributed by atoms with E-state index in [1.165, 1.54) is 0 Å². The van der Waals surface area contributed by atoms with Crippen molar-refractivity contribution in [3.63, 3.8) is 0 Å². The van der Waals surface area contributed by atoms with E-state index in [0.29, 0.717) is 37.7 Å². The Morgan fingerprint density at radius 2 is 1.29 bits per heavy atom. The highest BCUT2D eigenvalue weighted by molar-refractivity contribution is 6.60. The maximum atomic E-state index is 11.8. The number of esters is 2. The van der Waals surface area contributed by atoms with Crippen molar-refractivity contribution in [1.29, 1.82) is 0 Å². The Balaban J connectivity index is 3.48. The van der Waals surface area contributed by atoms with Crippen molar-refractivity contribution < 1.29 is 41.9 Å². The lowest BCUT2D eigenvalue weighted by Crippen LogP contribution is -2.42. The van der Waals surface area contributed by atoms with Gasteiger partial charge in [0.25, 0.3) is 0 Å². The van der Waals surface area contributed by atoms with Crippen LogP contribution in [-0.2, 0) is 37.1 Å². The van der Waals surface area contributed by atoms with Gasteiger partial charge in [0.2, 0.25) is 0 Å². The third kappa shape index (κ3) is 16.6. The highest BCUT2D eigenvalue weighted by atomic mass is 28.4. The van der Waals surface area contributed by atoms with Crippen LogP contribution in [-0.4, -0.2) is 74.5 Å². The number of carbonyl (C=O) groups is 3. The Morgan fingerprint density at radius 3 is 1.85 bits per heavy atom. The standard InChI is InChI=1S/C23H43NO9Si/c1-20(2)22(26)32-18-15-24-23(27)33-17-12-9-7-6-8-11-16-31-21(25)14-10-13-19-34(28-3,29-4)30-5/h1,6-19H2,2-5H3,(H,24,27). The molecular weight excluding hydrogens is 462 g/mol. The molecule has 0 saturated heterocycles. The number of carbonyl (C=O) groups excluding carboxylic acids is 3. The highest BCUT2D eigenvalue weighted by Crippen LogP contribution is 2.17. The van der Waals surface area contributed by atoms with E-state index in [4.69, 9.17) is 27.5 Å². The SMILES string of the molecule is C=C(C)C(=O)OCCNC(=O)OCCCCCCCCOC(=O)CCCC[Si](OC)(OC)OC. The molecule has 0 spiro atoms. The van der Waals surface area contributed by atoms with Crippen LogP contribution in [0.1, 0.15) is 64.7 Å². The van der Waals surface area contributed by atoms with Crippen LogP contribution in [0.15, 0.2) is 12.2 Å². The van der Waals surface area contributed by atoms with Crippen molar-refractivity contribution in [1.82, 2.24) is 5.32 Å². The van der Waals surface area contributed by atoms with Crippen molar-refractivity contribution in [2.75, 3.05) is 47.7 Å². The normalized spacial score (nSPS) is 11.1. The van der Waals surface area contributed by atoms with Crippen LogP contribution in [0.4, 0.5) is 4.79 Å². The van der Waals surface area contributed by atoms with Gasteiger partial charge in [-0.15, -0.1) is 0 Å². The van der Waals surface area contributed by atoms with Crippen LogP contribution < -0.4 is 5.32 Å². The van der Waals surface area contributed by atoms with E-state index < -0.39 is 20.9 Å². The molecule has 0 heterocycles. The van der Waals surface area contributed by atoms with Crippen molar-refractivity contribution in [3.8, 4) is 0 Å². The lowest BCUT2D eigenvalue weighted by molar-refractivity contribution is -0.144. The summed E-state index contributed by atoms with van der Waals surface area (Å²) >= 11 is 0. The van der Waals surface area contributed by atoms with Gasteiger partial charge < -0.3 is 32.8 Å². The molecule has 0 aromatic heterocycles. The molecular formula is C23H43NO9Si. The predicted molar refractivity (Wildman–Crippen MR) is 129 cm³/mol. The molecule has 0 aliphatic heterocycles. The monoisotopic (exact) mass is 505 g/mol. The van der Waals surface area contributed by atoms with Gasteiger partial charge in [-0.1, -0.05) is 32.3 Å². The summed E-state index contributed by atoms with van der Waals surface area (Å²) < 4.78 is 31.3. The molecule has 0 unspecified atom stereocenters. The summed E-state index contributed by atoms with van der Waals surface area (Å²) in [5.41, 5.74) is 0.316. The Bertz CT molecular complexity index is 589. The number of amides is 1. The number of nitrogens with one attached hydrogen (secondary N) is 1. The highest BCUT2D eigenvalue weighted by Gasteiger charge is 2.36. The van der Waals surface area contributed by atoms with Gasteiger partial charge in [0, 0.05) is 39.4 Å². The van der Waals surface area contributed by atoms with Crippen LogP contribution in [0, 0.1) is 0 Å². The van der Waals surface area contributed by atoms with Gasteiger partial charge in [-0.3, -0.25) is 4.79 Å². The van der Waals surface area contributed by atoms with Crippen molar-refractivity contribution in [3.05, 3.63) is 12.2 Å². The molecule has 11 heteroatoms. The van der Waals surface area contributed by atoms with Gasteiger partial charge in [0.1, 0.15) is 6.61 Å². The summed E-state index contributed by atoms with van der Waals surface area (Å²) in [6.07, 6.45) is 6.99. The fourth-order valence-corrected chi connectivity index (χ4v) is 4.77. The largest absolute Gasteiger partial charge is 0.500 e. The van der Waals surface area contributed by atoms with Crippen molar-refractivity contribution in [2.45, 2.75) is 70.8 Å². The maximum Gasteiger partial charge on any atom is 0.500 e. The Kier molecular flexibility index (Phi) is 19.2. The first-order valence-corrected chi connectivity index (χ1v) is 13.8. The minimum atomic E-state index is -2.56. The second kappa shape index (κ2) is 20.4. The lowest BCUT2D eigenvalue weighted by Gasteiger charge is -2.24. The summed E-state index contributed by atoms with van der Waals surface area (Å²) in [4.78, 5) is 34.5. The maximum absolute atomic E-state index is 11.8. The van der Waals surface area contributed by atoms with E-state index in [9.17, 15) is 14.4 Å². The van der Waals surface area contributed by atoms with Crippen LogP contribution in [0.2, 0.25) is 6.04 Å². The molecule has 0 aromatic carbocycles. The van der Waals surface area contributed by atoms with Gasteiger partial charge in [0.05, 0.1) is 19.8 Å². The molecule has 0 saturated carbocycles. The first-order chi connectivity index (χ1) is 16.3. The number of alkyl carbamates (subject to hydrolysis) is 1.